The molecule has 0 spiro atoms. The fourth-order valence-electron chi connectivity index (χ4n) is 1.64. The van der Waals surface area contributed by atoms with Crippen LogP contribution < -0.4 is 5.43 Å². The number of rotatable bonds is 3. The zero-order chi connectivity index (χ0) is 14.5. The molecule has 0 unspecified atom stereocenters. The van der Waals surface area contributed by atoms with Crippen LogP contribution in [0.1, 0.15) is 21.5 Å². The number of hydrogen-bond acceptors (Lipinski definition) is 3. The van der Waals surface area contributed by atoms with Crippen LogP contribution in [0.3, 0.4) is 0 Å². The molecule has 0 bridgehead atoms. The van der Waals surface area contributed by atoms with Crippen LogP contribution in [-0.4, -0.2) is 17.2 Å². The number of carbonyl (C=O) groups excluding carboxylic acids is 1. The molecule has 0 aromatic heterocycles. The van der Waals surface area contributed by atoms with Gasteiger partial charge < -0.3 is 5.11 Å². The Morgan fingerprint density at radius 3 is 2.80 bits per heavy atom. The maximum atomic E-state index is 13.4. The third-order valence-electron chi connectivity index (χ3n) is 2.67. The van der Waals surface area contributed by atoms with Crippen molar-refractivity contribution in [2.45, 2.75) is 6.92 Å². The fourth-order valence-corrected chi connectivity index (χ4v) is 1.64. The Kier molecular flexibility index (Phi) is 4.10. The van der Waals surface area contributed by atoms with Gasteiger partial charge in [0.15, 0.2) is 0 Å². The minimum Gasteiger partial charge on any atom is -0.507 e. The van der Waals surface area contributed by atoms with Crippen molar-refractivity contribution < 1.29 is 14.3 Å². The molecule has 2 aromatic carbocycles. The molecule has 5 heteroatoms. The number of aryl methyl sites for hydroxylation is 1. The molecule has 0 radical (unpaired) electrons. The van der Waals surface area contributed by atoms with Crippen LogP contribution in [0.4, 0.5) is 4.39 Å². The smallest absolute Gasteiger partial charge is 0.274 e. The molecule has 4 nitrogen and oxygen atoms in total. The molecule has 0 aliphatic heterocycles. The Bertz CT molecular complexity index is 669. The molecule has 2 N–H and O–H groups in total. The van der Waals surface area contributed by atoms with Crippen molar-refractivity contribution in [3.8, 4) is 5.75 Å². The van der Waals surface area contributed by atoms with Crippen molar-refractivity contribution in [2.24, 2.45) is 5.10 Å². The van der Waals surface area contributed by atoms with Crippen LogP contribution >= 0.6 is 0 Å². The van der Waals surface area contributed by atoms with Gasteiger partial charge in [0.1, 0.15) is 11.6 Å². The van der Waals surface area contributed by atoms with Crippen LogP contribution in [0.5, 0.6) is 5.75 Å². The van der Waals surface area contributed by atoms with E-state index in [1.54, 1.807) is 18.2 Å². The van der Waals surface area contributed by atoms with Gasteiger partial charge in [-0.15, -0.1) is 0 Å². The number of phenolic OH excluding ortho intramolecular Hbond substituents is 1. The number of nitrogens with zero attached hydrogens (tertiary/aromatic N) is 1. The number of amides is 1. The number of aromatic hydroxyl groups is 1. The SMILES string of the molecule is Cc1ccc(O)c(/C=N/NC(=O)c2ccccc2F)c1. The molecule has 1 amide bonds. The second kappa shape index (κ2) is 5.97. The summed E-state index contributed by atoms with van der Waals surface area (Å²) in [6.45, 7) is 1.87. The van der Waals surface area contributed by atoms with Gasteiger partial charge in [-0.1, -0.05) is 23.8 Å². The fraction of sp³-hybridized carbons (Fsp3) is 0.0667. The third kappa shape index (κ3) is 3.20. The number of halogens is 1. The summed E-state index contributed by atoms with van der Waals surface area (Å²) in [5.41, 5.74) is 3.55. The van der Waals surface area contributed by atoms with Gasteiger partial charge in [-0.25, -0.2) is 9.82 Å². The van der Waals surface area contributed by atoms with Gasteiger partial charge in [0.2, 0.25) is 0 Å². The van der Waals surface area contributed by atoms with E-state index in [1.165, 1.54) is 30.5 Å². The maximum absolute atomic E-state index is 13.4. The molecule has 2 rings (SSSR count). The average molecular weight is 272 g/mol. The minimum absolute atomic E-state index is 0.0551. The number of hydrogen-bond donors (Lipinski definition) is 2. The first-order valence-electron chi connectivity index (χ1n) is 5.95. The normalized spacial score (nSPS) is 10.7. The molecule has 0 fully saturated rings. The summed E-state index contributed by atoms with van der Waals surface area (Å²) in [4.78, 5) is 11.7. The van der Waals surface area contributed by atoms with Gasteiger partial charge in [-0.2, -0.15) is 5.10 Å². The molecule has 20 heavy (non-hydrogen) atoms. The molecule has 102 valence electrons. The summed E-state index contributed by atoms with van der Waals surface area (Å²) in [5.74, 6) is -1.20. The van der Waals surface area contributed by atoms with Crippen LogP contribution in [0.25, 0.3) is 0 Å². The molecular formula is C15H13FN2O2. The number of nitrogens with one attached hydrogen (secondary N) is 1. The van der Waals surface area contributed by atoms with Gasteiger partial charge >= 0.3 is 0 Å². The summed E-state index contributed by atoms with van der Waals surface area (Å²) >= 11 is 0. The first-order chi connectivity index (χ1) is 9.58. The second-order valence-electron chi connectivity index (χ2n) is 4.24. The molecule has 0 atom stereocenters. The Labute approximate surface area is 115 Å². The van der Waals surface area contributed by atoms with E-state index in [-0.39, 0.29) is 11.3 Å². The van der Waals surface area contributed by atoms with E-state index in [0.717, 1.165) is 5.56 Å². The highest BCUT2D eigenvalue weighted by atomic mass is 19.1. The van der Waals surface area contributed by atoms with Crippen molar-refractivity contribution in [3.05, 3.63) is 65.0 Å². The van der Waals surface area contributed by atoms with E-state index in [0.29, 0.717) is 5.56 Å². The number of hydrazone groups is 1. The van der Waals surface area contributed by atoms with Crippen molar-refractivity contribution in [1.82, 2.24) is 5.43 Å². The van der Waals surface area contributed by atoms with Crippen LogP contribution in [-0.2, 0) is 0 Å². The van der Waals surface area contributed by atoms with Gasteiger partial charge in [-0.3, -0.25) is 4.79 Å². The summed E-state index contributed by atoms with van der Waals surface area (Å²) in [7, 11) is 0. The molecule has 0 heterocycles. The topological polar surface area (TPSA) is 61.7 Å². The van der Waals surface area contributed by atoms with Crippen molar-refractivity contribution in [2.75, 3.05) is 0 Å². The summed E-state index contributed by atoms with van der Waals surface area (Å²) in [6.07, 6.45) is 1.31. The Morgan fingerprint density at radius 2 is 2.05 bits per heavy atom. The molecule has 0 aliphatic carbocycles. The molecule has 0 saturated carbocycles. The van der Waals surface area contributed by atoms with Gasteiger partial charge in [0.05, 0.1) is 11.8 Å². The van der Waals surface area contributed by atoms with E-state index in [2.05, 4.69) is 10.5 Å². The number of carbonyl (C=O) groups is 1. The lowest BCUT2D eigenvalue weighted by molar-refractivity contribution is 0.0951. The first-order valence-corrected chi connectivity index (χ1v) is 5.95. The second-order valence-corrected chi connectivity index (χ2v) is 4.24. The zero-order valence-electron chi connectivity index (χ0n) is 10.8. The largest absolute Gasteiger partial charge is 0.507 e. The van der Waals surface area contributed by atoms with Crippen molar-refractivity contribution >= 4 is 12.1 Å². The van der Waals surface area contributed by atoms with Gasteiger partial charge in [-0.05, 0) is 31.2 Å². The highest BCUT2D eigenvalue weighted by Crippen LogP contribution is 2.15. The predicted octanol–water partition coefficient (Wildman–Crippen LogP) is 2.60. The van der Waals surface area contributed by atoms with Gasteiger partial charge in [0, 0.05) is 5.56 Å². The quantitative estimate of drug-likeness (QED) is 0.666. The van der Waals surface area contributed by atoms with Gasteiger partial charge in [0.25, 0.3) is 5.91 Å². The molecule has 0 aliphatic rings. The lowest BCUT2D eigenvalue weighted by atomic mass is 10.1. The maximum Gasteiger partial charge on any atom is 0.274 e. The van der Waals surface area contributed by atoms with E-state index in [9.17, 15) is 14.3 Å². The molecular weight excluding hydrogens is 259 g/mol. The standard InChI is InChI=1S/C15H13FN2O2/c1-10-6-7-14(19)11(8-10)9-17-18-15(20)12-4-2-3-5-13(12)16/h2-9,19H,1H3,(H,18,20)/b17-9+. The highest BCUT2D eigenvalue weighted by molar-refractivity contribution is 5.95. The Morgan fingerprint density at radius 1 is 1.30 bits per heavy atom. The number of phenols is 1. The van der Waals surface area contributed by atoms with Crippen molar-refractivity contribution in [1.29, 1.82) is 0 Å². The highest BCUT2D eigenvalue weighted by Gasteiger charge is 2.09. The van der Waals surface area contributed by atoms with Crippen LogP contribution in [0.2, 0.25) is 0 Å². The monoisotopic (exact) mass is 272 g/mol. The predicted molar refractivity (Wildman–Crippen MR) is 74.3 cm³/mol. The van der Waals surface area contributed by atoms with Crippen LogP contribution in [0.15, 0.2) is 47.6 Å². The number of benzene rings is 2. The Hall–Kier alpha value is -2.69. The minimum atomic E-state index is -0.647. The lowest BCUT2D eigenvalue weighted by Gasteiger charge is -2.02. The van der Waals surface area contributed by atoms with E-state index in [1.807, 2.05) is 6.92 Å². The Balaban J connectivity index is 2.09. The average Bonchev–Trinajstić information content (AvgIpc) is 2.43. The summed E-state index contributed by atoms with van der Waals surface area (Å²) in [5, 5.41) is 13.3. The summed E-state index contributed by atoms with van der Waals surface area (Å²) in [6, 6.07) is 10.6. The van der Waals surface area contributed by atoms with E-state index >= 15 is 0 Å². The molecule has 0 saturated heterocycles. The van der Waals surface area contributed by atoms with Crippen molar-refractivity contribution in [3.63, 3.8) is 0 Å². The van der Waals surface area contributed by atoms with E-state index < -0.39 is 11.7 Å². The summed E-state index contributed by atoms with van der Waals surface area (Å²) < 4.78 is 13.4. The first kappa shape index (κ1) is 13.7. The molecule has 2 aromatic rings. The lowest BCUT2D eigenvalue weighted by Crippen LogP contribution is -2.18. The zero-order valence-corrected chi connectivity index (χ0v) is 10.8. The van der Waals surface area contributed by atoms with E-state index in [4.69, 9.17) is 0 Å². The third-order valence-corrected chi connectivity index (χ3v) is 2.67. The van der Waals surface area contributed by atoms with Crippen LogP contribution in [0, 0.1) is 12.7 Å².